The molecular formula is C6H4FN3. The van der Waals surface area contributed by atoms with Crippen molar-refractivity contribution in [2.45, 2.75) is 0 Å². The van der Waals surface area contributed by atoms with Crippen molar-refractivity contribution >= 4 is 5.69 Å². The molecule has 0 spiro atoms. The van der Waals surface area contributed by atoms with E-state index in [2.05, 4.69) is 4.98 Å². The predicted molar refractivity (Wildman–Crippen MR) is 33.3 cm³/mol. The van der Waals surface area contributed by atoms with Gasteiger partial charge in [-0.1, -0.05) is 0 Å². The van der Waals surface area contributed by atoms with Crippen LogP contribution in [-0.4, -0.2) is 4.98 Å². The fraction of sp³-hybridized carbons (Fsp3) is 0. The maximum atomic E-state index is 12.6. The smallest absolute Gasteiger partial charge is 0.182 e. The fourth-order valence-electron chi connectivity index (χ4n) is 0.537. The summed E-state index contributed by atoms with van der Waals surface area (Å²) in [7, 11) is 0. The Morgan fingerprint density at radius 2 is 2.40 bits per heavy atom. The van der Waals surface area contributed by atoms with E-state index < -0.39 is 5.82 Å². The van der Waals surface area contributed by atoms with Crippen molar-refractivity contribution < 1.29 is 4.39 Å². The zero-order chi connectivity index (χ0) is 7.56. The molecule has 0 radical (unpaired) electrons. The van der Waals surface area contributed by atoms with Gasteiger partial charge in [0.1, 0.15) is 6.07 Å². The van der Waals surface area contributed by atoms with Gasteiger partial charge in [0.05, 0.1) is 5.69 Å². The number of nitrogens with two attached hydrogens (primary N) is 1. The third-order valence-corrected chi connectivity index (χ3v) is 1.02. The van der Waals surface area contributed by atoms with E-state index in [9.17, 15) is 4.39 Å². The van der Waals surface area contributed by atoms with Crippen molar-refractivity contribution in [3.05, 3.63) is 23.8 Å². The van der Waals surface area contributed by atoms with Crippen LogP contribution in [0.25, 0.3) is 0 Å². The van der Waals surface area contributed by atoms with Crippen LogP contribution in [0.1, 0.15) is 5.69 Å². The summed E-state index contributed by atoms with van der Waals surface area (Å²) in [5, 5.41) is 8.23. The number of halogens is 1. The zero-order valence-corrected chi connectivity index (χ0v) is 5.00. The van der Waals surface area contributed by atoms with Gasteiger partial charge in [-0.3, -0.25) is 0 Å². The Bertz CT molecular complexity index is 290. The van der Waals surface area contributed by atoms with Gasteiger partial charge in [-0.15, -0.1) is 0 Å². The Hall–Kier alpha value is -1.63. The van der Waals surface area contributed by atoms with Crippen molar-refractivity contribution in [1.82, 2.24) is 4.98 Å². The summed E-state index contributed by atoms with van der Waals surface area (Å²) < 4.78 is 12.6. The highest BCUT2D eigenvalue weighted by molar-refractivity contribution is 5.43. The lowest BCUT2D eigenvalue weighted by molar-refractivity contribution is 0.621. The zero-order valence-electron chi connectivity index (χ0n) is 5.00. The van der Waals surface area contributed by atoms with E-state index in [1.54, 1.807) is 6.07 Å². The van der Waals surface area contributed by atoms with Crippen LogP contribution in [0.15, 0.2) is 12.3 Å². The SMILES string of the molecule is N#Cc1nccc(N)c1F. The van der Waals surface area contributed by atoms with Crippen LogP contribution >= 0.6 is 0 Å². The lowest BCUT2D eigenvalue weighted by Crippen LogP contribution is -1.95. The van der Waals surface area contributed by atoms with Gasteiger partial charge in [0.15, 0.2) is 11.5 Å². The first-order valence-electron chi connectivity index (χ1n) is 2.56. The first-order valence-corrected chi connectivity index (χ1v) is 2.56. The molecule has 1 heterocycles. The molecule has 0 aliphatic heterocycles. The number of aromatic nitrogens is 1. The lowest BCUT2D eigenvalue weighted by Gasteiger charge is -1.93. The highest BCUT2D eigenvalue weighted by Crippen LogP contribution is 2.09. The molecule has 1 aromatic heterocycles. The second-order valence-electron chi connectivity index (χ2n) is 1.67. The molecule has 1 aromatic rings. The second-order valence-corrected chi connectivity index (χ2v) is 1.67. The van der Waals surface area contributed by atoms with Gasteiger partial charge in [0.2, 0.25) is 0 Å². The van der Waals surface area contributed by atoms with E-state index in [0.29, 0.717) is 0 Å². The first-order chi connectivity index (χ1) is 4.75. The average molecular weight is 137 g/mol. The Morgan fingerprint density at radius 3 is 2.90 bits per heavy atom. The van der Waals surface area contributed by atoms with Crippen molar-refractivity contribution in [2.75, 3.05) is 5.73 Å². The number of pyridine rings is 1. The van der Waals surface area contributed by atoms with Gasteiger partial charge in [-0.05, 0) is 6.07 Å². The van der Waals surface area contributed by atoms with E-state index in [4.69, 9.17) is 11.0 Å². The van der Waals surface area contributed by atoms with Crippen molar-refractivity contribution in [2.24, 2.45) is 0 Å². The molecular weight excluding hydrogens is 133 g/mol. The van der Waals surface area contributed by atoms with Gasteiger partial charge in [0.25, 0.3) is 0 Å². The summed E-state index contributed by atoms with van der Waals surface area (Å²) in [6, 6.07) is 2.87. The Labute approximate surface area is 56.9 Å². The Morgan fingerprint density at radius 1 is 1.70 bits per heavy atom. The van der Waals surface area contributed by atoms with Crippen LogP contribution in [0.4, 0.5) is 10.1 Å². The summed E-state index contributed by atoms with van der Waals surface area (Å²) in [6.45, 7) is 0. The minimum Gasteiger partial charge on any atom is -0.396 e. The summed E-state index contributed by atoms with van der Waals surface area (Å²) in [6.07, 6.45) is 1.29. The molecule has 0 unspecified atom stereocenters. The first kappa shape index (κ1) is 6.49. The maximum Gasteiger partial charge on any atom is 0.182 e. The van der Waals surface area contributed by atoms with Gasteiger partial charge in [0, 0.05) is 6.20 Å². The Balaban J connectivity index is 3.31. The van der Waals surface area contributed by atoms with Crippen molar-refractivity contribution in [3.8, 4) is 6.07 Å². The highest BCUT2D eigenvalue weighted by Gasteiger charge is 2.03. The summed E-state index contributed by atoms with van der Waals surface area (Å²) in [5.41, 5.74) is 4.82. The van der Waals surface area contributed by atoms with E-state index in [0.717, 1.165) is 0 Å². The number of nitrogen functional groups attached to an aromatic ring is 1. The molecule has 50 valence electrons. The molecule has 0 fully saturated rings. The molecule has 0 saturated carbocycles. The van der Waals surface area contributed by atoms with Crippen molar-refractivity contribution in [1.29, 1.82) is 5.26 Å². The van der Waals surface area contributed by atoms with Crippen LogP contribution in [0, 0.1) is 17.1 Å². The van der Waals surface area contributed by atoms with Gasteiger partial charge in [-0.25, -0.2) is 9.37 Å². The molecule has 0 bridgehead atoms. The molecule has 0 atom stereocenters. The number of hydrogen-bond donors (Lipinski definition) is 1. The molecule has 4 heteroatoms. The highest BCUT2D eigenvalue weighted by atomic mass is 19.1. The van der Waals surface area contributed by atoms with Gasteiger partial charge < -0.3 is 5.73 Å². The number of hydrogen-bond acceptors (Lipinski definition) is 3. The van der Waals surface area contributed by atoms with Crippen LogP contribution in [0.5, 0.6) is 0 Å². The Kier molecular flexibility index (Phi) is 1.50. The fourth-order valence-corrected chi connectivity index (χ4v) is 0.537. The third kappa shape index (κ3) is 0.890. The minimum atomic E-state index is -0.745. The van der Waals surface area contributed by atoms with Crippen LogP contribution < -0.4 is 5.73 Å². The third-order valence-electron chi connectivity index (χ3n) is 1.02. The van der Waals surface area contributed by atoms with Crippen LogP contribution in [0.3, 0.4) is 0 Å². The molecule has 2 N–H and O–H groups in total. The predicted octanol–water partition coefficient (Wildman–Crippen LogP) is 0.675. The number of rotatable bonds is 0. The molecule has 0 aliphatic rings. The normalized spacial score (nSPS) is 8.80. The summed E-state index contributed by atoms with van der Waals surface area (Å²) >= 11 is 0. The maximum absolute atomic E-state index is 12.6. The van der Waals surface area contributed by atoms with E-state index in [-0.39, 0.29) is 11.4 Å². The molecule has 0 aliphatic carbocycles. The summed E-state index contributed by atoms with van der Waals surface area (Å²) in [5.74, 6) is -0.745. The molecule has 0 aromatic carbocycles. The molecule has 10 heavy (non-hydrogen) atoms. The molecule has 1 rings (SSSR count). The second kappa shape index (κ2) is 2.31. The quantitative estimate of drug-likeness (QED) is 0.571. The summed E-state index contributed by atoms with van der Waals surface area (Å²) in [4.78, 5) is 3.44. The molecule has 0 saturated heterocycles. The standard InChI is InChI=1S/C6H4FN3/c7-6-4(9)1-2-10-5(6)3-8/h1-2H,(H2,9,10). The number of nitrogens with zero attached hydrogens (tertiary/aromatic N) is 2. The van der Waals surface area contributed by atoms with E-state index >= 15 is 0 Å². The lowest BCUT2D eigenvalue weighted by atomic mass is 10.3. The molecule has 0 amide bonds. The van der Waals surface area contributed by atoms with E-state index in [1.807, 2.05) is 0 Å². The minimum absolute atomic E-state index is 0.0495. The topological polar surface area (TPSA) is 62.7 Å². The average Bonchev–Trinajstić information content (AvgIpc) is 1.95. The largest absolute Gasteiger partial charge is 0.396 e. The van der Waals surface area contributed by atoms with Crippen LogP contribution in [-0.2, 0) is 0 Å². The van der Waals surface area contributed by atoms with Crippen molar-refractivity contribution in [3.63, 3.8) is 0 Å². The molecule has 3 nitrogen and oxygen atoms in total. The van der Waals surface area contributed by atoms with Gasteiger partial charge >= 0.3 is 0 Å². The van der Waals surface area contributed by atoms with Gasteiger partial charge in [-0.2, -0.15) is 5.26 Å². The number of nitriles is 1. The van der Waals surface area contributed by atoms with E-state index in [1.165, 1.54) is 12.3 Å². The number of anilines is 1. The monoisotopic (exact) mass is 137 g/mol. The van der Waals surface area contributed by atoms with Crippen LogP contribution in [0.2, 0.25) is 0 Å².